The molecule has 0 unspecified atom stereocenters. The lowest BCUT2D eigenvalue weighted by Gasteiger charge is -2.31. The van der Waals surface area contributed by atoms with Crippen LogP contribution in [-0.4, -0.2) is 41.2 Å². The number of amides is 1. The number of carbonyl (C=O) groups excluding carboxylic acids is 1. The van der Waals surface area contributed by atoms with Gasteiger partial charge in [-0.15, -0.1) is 0 Å². The van der Waals surface area contributed by atoms with E-state index in [1.54, 1.807) is 6.20 Å². The summed E-state index contributed by atoms with van der Waals surface area (Å²) in [5, 5.41) is 3.00. The molecule has 6 nitrogen and oxygen atoms in total. The maximum Gasteiger partial charge on any atom is 0.287 e. The van der Waals surface area contributed by atoms with Crippen LogP contribution in [-0.2, 0) is 16.1 Å². The number of benzene rings is 1. The average molecular weight is 315 g/mol. The van der Waals surface area contributed by atoms with Crippen LogP contribution in [0.3, 0.4) is 0 Å². The third-order valence-corrected chi connectivity index (χ3v) is 3.85. The monoisotopic (exact) mass is 315 g/mol. The van der Waals surface area contributed by atoms with Crippen LogP contribution in [0.4, 0.5) is 0 Å². The van der Waals surface area contributed by atoms with Crippen LogP contribution in [0.25, 0.3) is 0 Å². The average Bonchev–Trinajstić information content (AvgIpc) is 3.02. The highest BCUT2D eigenvalue weighted by molar-refractivity contribution is 5.90. The lowest BCUT2D eigenvalue weighted by atomic mass is 10.1. The lowest BCUT2D eigenvalue weighted by molar-refractivity contribution is -0.0736. The molecule has 0 bridgehead atoms. The molecule has 1 fully saturated rings. The largest absolute Gasteiger partial charge is 0.379 e. The van der Waals surface area contributed by atoms with Crippen LogP contribution >= 0.6 is 0 Å². The van der Waals surface area contributed by atoms with Crippen molar-refractivity contribution in [3.05, 3.63) is 53.6 Å². The highest BCUT2D eigenvalue weighted by Gasteiger charge is 2.28. The highest BCUT2D eigenvalue weighted by Crippen LogP contribution is 2.14. The summed E-state index contributed by atoms with van der Waals surface area (Å²) in [7, 11) is 0. The summed E-state index contributed by atoms with van der Waals surface area (Å²) < 4.78 is 11.4. The van der Waals surface area contributed by atoms with E-state index in [-0.39, 0.29) is 18.1 Å². The van der Waals surface area contributed by atoms with Gasteiger partial charge < -0.3 is 19.8 Å². The minimum atomic E-state index is -0.210. The van der Waals surface area contributed by atoms with Crippen LogP contribution in [0.15, 0.2) is 36.5 Å². The van der Waals surface area contributed by atoms with Crippen molar-refractivity contribution in [1.29, 1.82) is 0 Å². The summed E-state index contributed by atoms with van der Waals surface area (Å²) >= 11 is 0. The van der Waals surface area contributed by atoms with E-state index in [0.29, 0.717) is 25.6 Å². The molecular formula is C17H21N3O3. The Morgan fingerprint density at radius 1 is 1.43 bits per heavy atom. The molecule has 2 heterocycles. The Labute approximate surface area is 135 Å². The predicted molar refractivity (Wildman–Crippen MR) is 85.0 cm³/mol. The van der Waals surface area contributed by atoms with Crippen LogP contribution in [0.1, 0.15) is 28.3 Å². The maximum atomic E-state index is 12.2. The number of rotatable bonds is 5. The van der Waals surface area contributed by atoms with Crippen molar-refractivity contribution in [2.24, 2.45) is 0 Å². The molecule has 1 aromatic heterocycles. The van der Waals surface area contributed by atoms with Crippen molar-refractivity contribution in [3.8, 4) is 0 Å². The molecule has 0 saturated carbocycles. The molecule has 1 amide bonds. The van der Waals surface area contributed by atoms with Crippen LogP contribution in [0.5, 0.6) is 0 Å². The van der Waals surface area contributed by atoms with Gasteiger partial charge in [0.25, 0.3) is 5.91 Å². The number of imidazole rings is 1. The van der Waals surface area contributed by atoms with Crippen LogP contribution in [0, 0.1) is 6.92 Å². The number of hydrogen-bond donors (Lipinski definition) is 2. The SMILES string of the molecule is Cc1cnc(C(=O)N[C@@H]2CCOC[C@H]2OCc2ccccc2)[nH]1. The van der Waals surface area contributed by atoms with Crippen molar-refractivity contribution in [3.63, 3.8) is 0 Å². The van der Waals surface area contributed by atoms with Crippen LogP contribution in [0.2, 0.25) is 0 Å². The molecule has 1 aliphatic rings. The molecule has 3 rings (SSSR count). The number of aromatic amines is 1. The fourth-order valence-electron chi connectivity index (χ4n) is 2.58. The van der Waals surface area contributed by atoms with Gasteiger partial charge in [0.15, 0.2) is 5.82 Å². The van der Waals surface area contributed by atoms with Gasteiger partial charge in [-0.3, -0.25) is 4.79 Å². The van der Waals surface area contributed by atoms with E-state index in [1.807, 2.05) is 37.3 Å². The second-order valence-electron chi connectivity index (χ2n) is 5.69. The Kier molecular flexibility index (Phi) is 5.05. The molecule has 2 N–H and O–H groups in total. The van der Waals surface area contributed by atoms with E-state index < -0.39 is 0 Å². The first-order valence-electron chi connectivity index (χ1n) is 7.78. The van der Waals surface area contributed by atoms with E-state index in [2.05, 4.69) is 15.3 Å². The van der Waals surface area contributed by atoms with E-state index in [4.69, 9.17) is 9.47 Å². The topological polar surface area (TPSA) is 76.2 Å². The zero-order valence-electron chi connectivity index (χ0n) is 13.1. The zero-order valence-corrected chi connectivity index (χ0v) is 13.1. The molecule has 1 aliphatic heterocycles. The fourth-order valence-corrected chi connectivity index (χ4v) is 2.58. The molecule has 23 heavy (non-hydrogen) atoms. The van der Waals surface area contributed by atoms with Crippen LogP contribution < -0.4 is 5.32 Å². The van der Waals surface area contributed by atoms with Gasteiger partial charge in [-0.1, -0.05) is 30.3 Å². The quantitative estimate of drug-likeness (QED) is 0.882. The summed E-state index contributed by atoms with van der Waals surface area (Å²) in [5.41, 5.74) is 1.96. The molecule has 0 radical (unpaired) electrons. The van der Waals surface area contributed by atoms with E-state index >= 15 is 0 Å². The van der Waals surface area contributed by atoms with E-state index in [0.717, 1.165) is 17.7 Å². The minimum Gasteiger partial charge on any atom is -0.379 e. The summed E-state index contributed by atoms with van der Waals surface area (Å²) in [6.45, 7) is 3.47. The van der Waals surface area contributed by atoms with Gasteiger partial charge in [0.1, 0.15) is 6.10 Å². The molecule has 1 aromatic carbocycles. The number of carbonyl (C=O) groups is 1. The van der Waals surface area contributed by atoms with Gasteiger partial charge in [-0.05, 0) is 18.9 Å². The molecule has 122 valence electrons. The Morgan fingerprint density at radius 2 is 2.26 bits per heavy atom. The Morgan fingerprint density at radius 3 is 3.00 bits per heavy atom. The summed E-state index contributed by atoms with van der Waals surface area (Å²) in [5.74, 6) is 0.120. The molecule has 2 aromatic rings. The summed E-state index contributed by atoms with van der Waals surface area (Å²) in [6.07, 6.45) is 2.21. The van der Waals surface area contributed by atoms with Gasteiger partial charge in [-0.25, -0.2) is 4.98 Å². The predicted octanol–water partition coefficient (Wildman–Crippen LogP) is 1.82. The van der Waals surface area contributed by atoms with E-state index in [1.165, 1.54) is 0 Å². The van der Waals surface area contributed by atoms with Gasteiger partial charge in [-0.2, -0.15) is 0 Å². The van der Waals surface area contributed by atoms with Crippen molar-refractivity contribution < 1.29 is 14.3 Å². The van der Waals surface area contributed by atoms with Crippen molar-refractivity contribution in [1.82, 2.24) is 15.3 Å². The number of ether oxygens (including phenoxy) is 2. The number of aromatic nitrogens is 2. The molecule has 0 spiro atoms. The maximum absolute atomic E-state index is 12.2. The molecule has 0 aliphatic carbocycles. The first kappa shape index (κ1) is 15.7. The number of aryl methyl sites for hydroxylation is 1. The molecule has 1 saturated heterocycles. The van der Waals surface area contributed by atoms with Crippen molar-refractivity contribution in [2.45, 2.75) is 32.1 Å². The standard InChI is InChI=1S/C17H21N3O3/c1-12-9-18-16(19-12)17(21)20-14-7-8-22-11-15(14)23-10-13-5-3-2-4-6-13/h2-6,9,14-15H,7-8,10-11H2,1H3,(H,18,19)(H,20,21)/t14-,15-/m1/s1. The third-order valence-electron chi connectivity index (χ3n) is 3.85. The Bertz CT molecular complexity index is 642. The molecular weight excluding hydrogens is 294 g/mol. The fraction of sp³-hybridized carbons (Fsp3) is 0.412. The minimum absolute atomic E-state index is 0.0784. The summed E-state index contributed by atoms with van der Waals surface area (Å²) in [4.78, 5) is 19.2. The van der Waals surface area contributed by atoms with E-state index in [9.17, 15) is 4.79 Å². The first-order valence-corrected chi connectivity index (χ1v) is 7.78. The van der Waals surface area contributed by atoms with Crippen molar-refractivity contribution >= 4 is 5.91 Å². The van der Waals surface area contributed by atoms with Gasteiger partial charge in [0, 0.05) is 18.5 Å². The second-order valence-corrected chi connectivity index (χ2v) is 5.69. The Hall–Kier alpha value is -2.18. The number of nitrogens with zero attached hydrogens (tertiary/aromatic N) is 1. The molecule has 6 heteroatoms. The highest BCUT2D eigenvalue weighted by atomic mass is 16.5. The second kappa shape index (κ2) is 7.39. The van der Waals surface area contributed by atoms with Gasteiger partial charge in [0.05, 0.1) is 19.3 Å². The summed E-state index contributed by atoms with van der Waals surface area (Å²) in [6, 6.07) is 9.89. The Balaban J connectivity index is 1.58. The molecule has 2 atom stereocenters. The third kappa shape index (κ3) is 4.18. The smallest absolute Gasteiger partial charge is 0.287 e. The number of H-pyrrole nitrogens is 1. The zero-order chi connectivity index (χ0) is 16.1. The number of hydrogen-bond acceptors (Lipinski definition) is 4. The lowest BCUT2D eigenvalue weighted by Crippen LogP contribution is -2.50. The van der Waals surface area contributed by atoms with Gasteiger partial charge in [0.2, 0.25) is 0 Å². The normalized spacial score (nSPS) is 21.1. The number of nitrogens with one attached hydrogen (secondary N) is 2. The van der Waals surface area contributed by atoms with Gasteiger partial charge >= 0.3 is 0 Å². The first-order chi connectivity index (χ1) is 11.2. The van der Waals surface area contributed by atoms with Crippen molar-refractivity contribution in [2.75, 3.05) is 13.2 Å².